The van der Waals surface area contributed by atoms with Crippen molar-refractivity contribution in [1.82, 2.24) is 5.32 Å². The van der Waals surface area contributed by atoms with Crippen molar-refractivity contribution in [1.29, 1.82) is 0 Å². The van der Waals surface area contributed by atoms with E-state index in [0.29, 0.717) is 0 Å². The lowest BCUT2D eigenvalue weighted by molar-refractivity contribution is -0.119. The number of halogens is 1. The summed E-state index contributed by atoms with van der Waals surface area (Å²) in [6.07, 6.45) is 2.51. The molecule has 0 aromatic rings. The minimum atomic E-state index is -0.145. The van der Waals surface area contributed by atoms with Gasteiger partial charge in [-0.2, -0.15) is 0 Å². The molecular formula is C10H16FNO. The highest BCUT2D eigenvalue weighted by Crippen LogP contribution is 2.34. The summed E-state index contributed by atoms with van der Waals surface area (Å²) < 4.78 is 13.4. The lowest BCUT2D eigenvalue weighted by Crippen LogP contribution is -2.14. The summed E-state index contributed by atoms with van der Waals surface area (Å²) in [5.41, 5.74) is 0.724. The molecule has 1 fully saturated rings. The molecule has 0 heterocycles. The molecule has 0 unspecified atom stereocenters. The zero-order valence-corrected chi connectivity index (χ0v) is 8.19. The van der Waals surface area contributed by atoms with Crippen molar-refractivity contribution >= 4 is 5.78 Å². The average Bonchev–Trinajstić information content (AvgIpc) is 2.52. The molecule has 0 aromatic carbocycles. The number of hydrogen-bond acceptors (Lipinski definition) is 2. The van der Waals surface area contributed by atoms with Crippen LogP contribution in [0.1, 0.15) is 26.2 Å². The van der Waals surface area contributed by atoms with E-state index in [1.165, 1.54) is 0 Å². The van der Waals surface area contributed by atoms with E-state index in [-0.39, 0.29) is 24.1 Å². The maximum absolute atomic E-state index is 13.4. The van der Waals surface area contributed by atoms with Crippen molar-refractivity contribution in [3.8, 4) is 0 Å². The second-order valence-electron chi connectivity index (χ2n) is 3.52. The number of rotatable bonds is 3. The molecule has 0 spiro atoms. The molecule has 1 aliphatic carbocycles. The summed E-state index contributed by atoms with van der Waals surface area (Å²) in [5.74, 6) is -0.188. The van der Waals surface area contributed by atoms with Gasteiger partial charge in [0, 0.05) is 12.5 Å². The normalized spacial score (nSPS) is 26.2. The molecule has 1 saturated carbocycles. The van der Waals surface area contributed by atoms with E-state index in [4.69, 9.17) is 0 Å². The van der Waals surface area contributed by atoms with E-state index >= 15 is 0 Å². The highest BCUT2D eigenvalue weighted by atomic mass is 19.1. The van der Waals surface area contributed by atoms with Gasteiger partial charge in [0.15, 0.2) is 0 Å². The molecule has 1 N–H and O–H groups in total. The second-order valence-corrected chi connectivity index (χ2v) is 3.52. The van der Waals surface area contributed by atoms with Crippen LogP contribution in [-0.4, -0.2) is 19.4 Å². The van der Waals surface area contributed by atoms with E-state index in [9.17, 15) is 9.18 Å². The minimum absolute atomic E-state index is 0.0961. The Balaban J connectivity index is 2.77. The number of carbonyl (C=O) groups excluding carboxylic acids is 1. The van der Waals surface area contributed by atoms with Crippen molar-refractivity contribution < 1.29 is 9.18 Å². The zero-order chi connectivity index (χ0) is 9.84. The molecule has 0 aromatic heterocycles. The summed E-state index contributed by atoms with van der Waals surface area (Å²) in [6, 6.07) is 0. The number of ketones is 1. The van der Waals surface area contributed by atoms with Crippen LogP contribution in [-0.2, 0) is 4.79 Å². The van der Waals surface area contributed by atoms with Gasteiger partial charge in [-0.15, -0.1) is 0 Å². The lowest BCUT2D eigenvalue weighted by atomic mass is 9.98. The summed E-state index contributed by atoms with van der Waals surface area (Å²) in [4.78, 5) is 11.1. The third-order valence-corrected chi connectivity index (χ3v) is 2.53. The van der Waals surface area contributed by atoms with E-state index in [0.717, 1.165) is 24.8 Å². The van der Waals surface area contributed by atoms with Crippen LogP contribution in [0.2, 0.25) is 0 Å². The molecule has 0 radical (unpaired) electrons. The van der Waals surface area contributed by atoms with Crippen molar-refractivity contribution in [2.45, 2.75) is 26.2 Å². The summed E-state index contributed by atoms with van der Waals surface area (Å²) in [6.45, 7) is 1.79. The Morgan fingerprint density at radius 2 is 2.38 bits per heavy atom. The molecule has 0 aliphatic heterocycles. The van der Waals surface area contributed by atoms with Crippen LogP contribution in [0.5, 0.6) is 0 Å². The van der Waals surface area contributed by atoms with Crippen LogP contribution in [0, 0.1) is 5.92 Å². The molecule has 0 amide bonds. The van der Waals surface area contributed by atoms with Gasteiger partial charge in [-0.05, 0) is 38.8 Å². The first-order valence-corrected chi connectivity index (χ1v) is 4.69. The number of likely N-dealkylation sites (N-methyl/N-ethyl adjacent to an activating group) is 1. The van der Waals surface area contributed by atoms with Gasteiger partial charge in [0.05, 0.1) is 0 Å². The smallest absolute Gasteiger partial charge is 0.137 e. The van der Waals surface area contributed by atoms with Crippen molar-refractivity contribution in [3.63, 3.8) is 0 Å². The van der Waals surface area contributed by atoms with Gasteiger partial charge in [-0.3, -0.25) is 4.79 Å². The first-order chi connectivity index (χ1) is 6.16. The molecule has 74 valence electrons. The number of allylic oxidation sites excluding steroid dienone is 1. The standard InChI is InChI=1S/C10H16FNO/c1-7(13)8-4-3-5-9(8)10(11)6-12-2/h8,12H,3-6H2,1-2H3/b10-9-/t8-/m0/s1. The fraction of sp³-hybridized carbons (Fsp3) is 0.700. The lowest BCUT2D eigenvalue weighted by Gasteiger charge is -2.09. The fourth-order valence-electron chi connectivity index (χ4n) is 1.89. The van der Waals surface area contributed by atoms with Crippen molar-refractivity contribution in [2.75, 3.05) is 13.6 Å². The van der Waals surface area contributed by atoms with E-state index < -0.39 is 0 Å². The Morgan fingerprint density at radius 3 is 2.92 bits per heavy atom. The van der Waals surface area contributed by atoms with Gasteiger partial charge in [0.1, 0.15) is 11.6 Å². The number of hydrogen-bond donors (Lipinski definition) is 1. The minimum Gasteiger partial charge on any atom is -0.314 e. The van der Waals surface area contributed by atoms with Crippen LogP contribution in [0.25, 0.3) is 0 Å². The summed E-state index contributed by atoms with van der Waals surface area (Å²) in [5, 5.41) is 2.76. The molecular weight excluding hydrogens is 169 g/mol. The maximum atomic E-state index is 13.4. The predicted octanol–water partition coefficient (Wildman–Crippen LogP) is 1.82. The highest BCUT2D eigenvalue weighted by molar-refractivity contribution is 5.81. The van der Waals surface area contributed by atoms with E-state index in [1.807, 2.05) is 0 Å². The molecule has 1 aliphatic rings. The van der Waals surface area contributed by atoms with Crippen LogP contribution in [0.15, 0.2) is 11.4 Å². The zero-order valence-electron chi connectivity index (χ0n) is 8.19. The Kier molecular flexibility index (Phi) is 3.60. The number of carbonyl (C=O) groups is 1. The average molecular weight is 185 g/mol. The van der Waals surface area contributed by atoms with Gasteiger partial charge >= 0.3 is 0 Å². The Morgan fingerprint density at radius 1 is 1.69 bits per heavy atom. The first kappa shape index (κ1) is 10.4. The largest absolute Gasteiger partial charge is 0.314 e. The SMILES string of the molecule is CNC/C(F)=C1\CCC[C@H]1C(C)=O. The van der Waals surface area contributed by atoms with Gasteiger partial charge < -0.3 is 5.32 Å². The predicted molar refractivity (Wildman–Crippen MR) is 50.1 cm³/mol. The fourth-order valence-corrected chi connectivity index (χ4v) is 1.89. The molecule has 1 atom stereocenters. The van der Waals surface area contributed by atoms with E-state index in [2.05, 4.69) is 5.32 Å². The van der Waals surface area contributed by atoms with Crippen LogP contribution >= 0.6 is 0 Å². The second kappa shape index (κ2) is 4.51. The monoisotopic (exact) mass is 185 g/mol. The molecule has 0 bridgehead atoms. The van der Waals surface area contributed by atoms with Crippen LogP contribution in [0.4, 0.5) is 4.39 Å². The topological polar surface area (TPSA) is 29.1 Å². The van der Waals surface area contributed by atoms with Gasteiger partial charge in [-0.1, -0.05) is 0 Å². The molecule has 13 heavy (non-hydrogen) atoms. The Bertz CT molecular complexity index is 235. The Labute approximate surface area is 78.2 Å². The molecule has 3 heteroatoms. The maximum Gasteiger partial charge on any atom is 0.137 e. The van der Waals surface area contributed by atoms with Gasteiger partial charge in [0.25, 0.3) is 0 Å². The van der Waals surface area contributed by atoms with Gasteiger partial charge in [0.2, 0.25) is 0 Å². The number of nitrogens with one attached hydrogen (secondary N) is 1. The van der Waals surface area contributed by atoms with Crippen LogP contribution < -0.4 is 5.32 Å². The van der Waals surface area contributed by atoms with E-state index in [1.54, 1.807) is 14.0 Å². The first-order valence-electron chi connectivity index (χ1n) is 4.69. The molecule has 2 nitrogen and oxygen atoms in total. The highest BCUT2D eigenvalue weighted by Gasteiger charge is 2.27. The van der Waals surface area contributed by atoms with Gasteiger partial charge in [-0.25, -0.2) is 4.39 Å². The summed E-state index contributed by atoms with van der Waals surface area (Å²) >= 11 is 0. The third kappa shape index (κ3) is 2.37. The van der Waals surface area contributed by atoms with Crippen molar-refractivity contribution in [2.24, 2.45) is 5.92 Å². The third-order valence-electron chi connectivity index (χ3n) is 2.53. The Hall–Kier alpha value is -0.700. The molecule has 1 rings (SSSR count). The van der Waals surface area contributed by atoms with Crippen LogP contribution in [0.3, 0.4) is 0 Å². The summed E-state index contributed by atoms with van der Waals surface area (Å²) in [7, 11) is 1.71. The quantitative estimate of drug-likeness (QED) is 0.726. The molecule has 0 saturated heterocycles. The van der Waals surface area contributed by atoms with Crippen molar-refractivity contribution in [3.05, 3.63) is 11.4 Å². The number of Topliss-reactive ketones (excluding diaryl/α,β-unsaturated/α-hetero) is 1.